The maximum atomic E-state index is 12.0. The van der Waals surface area contributed by atoms with Gasteiger partial charge in [0.1, 0.15) is 5.75 Å². The van der Waals surface area contributed by atoms with Crippen LogP contribution < -0.4 is 10.1 Å². The summed E-state index contributed by atoms with van der Waals surface area (Å²) in [6, 6.07) is 6.38. The highest BCUT2D eigenvalue weighted by Crippen LogP contribution is 2.29. The van der Waals surface area contributed by atoms with Gasteiger partial charge in [-0.1, -0.05) is 6.07 Å². The van der Waals surface area contributed by atoms with E-state index in [0.29, 0.717) is 6.54 Å². The van der Waals surface area contributed by atoms with E-state index < -0.39 is 0 Å². The van der Waals surface area contributed by atoms with Gasteiger partial charge in [0.05, 0.1) is 13.0 Å². The number of hydrogen-bond acceptors (Lipinski definition) is 4. The Morgan fingerprint density at radius 3 is 3.00 bits per heavy atom. The molecule has 1 unspecified atom stereocenters. The summed E-state index contributed by atoms with van der Waals surface area (Å²) in [6.45, 7) is 5.46. The number of nitrogens with one attached hydrogen (secondary N) is 1. The second kappa shape index (κ2) is 8.44. The number of thioether (sulfide) groups is 1. The number of hydrogen-bond donors (Lipinski definition) is 1. The van der Waals surface area contributed by atoms with Crippen LogP contribution in [0.4, 0.5) is 0 Å². The molecular weight excluding hydrogens is 296 g/mol. The summed E-state index contributed by atoms with van der Waals surface area (Å²) in [5.74, 6) is 1.26. The molecule has 1 aliphatic rings. The zero-order chi connectivity index (χ0) is 15.9. The molecule has 1 amide bonds. The third-order valence-corrected chi connectivity index (χ3v) is 4.86. The summed E-state index contributed by atoms with van der Waals surface area (Å²) >= 11 is 1.69. The molecule has 1 aromatic rings. The summed E-state index contributed by atoms with van der Waals surface area (Å²) in [5, 5.41) is 2.94. The Kier molecular flexibility index (Phi) is 6.58. The first kappa shape index (κ1) is 17.2. The first-order valence-electron chi connectivity index (χ1n) is 7.88. The average Bonchev–Trinajstić information content (AvgIpc) is 2.55. The van der Waals surface area contributed by atoms with E-state index in [9.17, 15) is 4.79 Å². The fraction of sp³-hybridized carbons (Fsp3) is 0.588. The lowest BCUT2D eigenvalue weighted by molar-refractivity contribution is -0.126. The number of rotatable bonds is 6. The van der Waals surface area contributed by atoms with Crippen LogP contribution in [0.15, 0.2) is 23.1 Å². The molecule has 1 saturated heterocycles. The molecule has 122 valence electrons. The number of benzene rings is 1. The predicted octanol–water partition coefficient (Wildman–Crippen LogP) is 2.77. The zero-order valence-corrected chi connectivity index (χ0v) is 14.5. The maximum Gasteiger partial charge on any atom is 0.224 e. The lowest BCUT2D eigenvalue weighted by Crippen LogP contribution is -2.42. The van der Waals surface area contributed by atoms with Crippen LogP contribution in [0.1, 0.15) is 25.3 Å². The Labute approximate surface area is 137 Å². The summed E-state index contributed by atoms with van der Waals surface area (Å²) in [4.78, 5) is 15.5. The van der Waals surface area contributed by atoms with Crippen LogP contribution in [-0.2, 0) is 11.3 Å². The Hall–Kier alpha value is -1.20. The van der Waals surface area contributed by atoms with E-state index in [-0.39, 0.29) is 11.8 Å². The highest BCUT2D eigenvalue weighted by molar-refractivity contribution is 7.98. The van der Waals surface area contributed by atoms with Crippen molar-refractivity contribution in [3.8, 4) is 5.75 Å². The van der Waals surface area contributed by atoms with Crippen molar-refractivity contribution in [3.63, 3.8) is 0 Å². The third kappa shape index (κ3) is 4.40. The minimum Gasteiger partial charge on any atom is -0.496 e. The van der Waals surface area contributed by atoms with Crippen molar-refractivity contribution in [2.75, 3.05) is 33.0 Å². The largest absolute Gasteiger partial charge is 0.496 e. The van der Waals surface area contributed by atoms with Crippen molar-refractivity contribution < 1.29 is 9.53 Å². The monoisotopic (exact) mass is 322 g/mol. The lowest BCUT2D eigenvalue weighted by atomic mass is 9.96. The molecule has 1 aliphatic heterocycles. The van der Waals surface area contributed by atoms with Crippen LogP contribution in [0.25, 0.3) is 0 Å². The molecule has 1 heterocycles. The Bertz CT molecular complexity index is 507. The van der Waals surface area contributed by atoms with Crippen molar-refractivity contribution in [1.82, 2.24) is 10.2 Å². The molecule has 22 heavy (non-hydrogen) atoms. The highest BCUT2D eigenvalue weighted by Gasteiger charge is 2.25. The van der Waals surface area contributed by atoms with Gasteiger partial charge in [-0.3, -0.25) is 9.69 Å². The third-order valence-electron chi connectivity index (χ3n) is 4.08. The van der Waals surface area contributed by atoms with Gasteiger partial charge in [0.2, 0.25) is 5.91 Å². The van der Waals surface area contributed by atoms with Gasteiger partial charge in [0, 0.05) is 24.5 Å². The molecule has 0 aromatic heterocycles. The number of carbonyl (C=O) groups excluding carboxylic acids is 1. The number of ether oxygens (including phenoxy) is 1. The van der Waals surface area contributed by atoms with Gasteiger partial charge in [0.25, 0.3) is 0 Å². The molecule has 1 aromatic carbocycles. The van der Waals surface area contributed by atoms with Gasteiger partial charge in [-0.15, -0.1) is 11.8 Å². The maximum absolute atomic E-state index is 12.0. The summed E-state index contributed by atoms with van der Waals surface area (Å²) in [5.41, 5.74) is 1.24. The van der Waals surface area contributed by atoms with Crippen LogP contribution in [0.2, 0.25) is 0 Å². The molecule has 0 bridgehead atoms. The second-order valence-electron chi connectivity index (χ2n) is 5.66. The SMILES string of the molecule is CCNC(=O)C1CCCN(Cc2ccc(SC)c(OC)c2)C1. The molecule has 4 nitrogen and oxygen atoms in total. The van der Waals surface area contributed by atoms with Crippen molar-refractivity contribution in [2.24, 2.45) is 5.92 Å². The lowest BCUT2D eigenvalue weighted by Gasteiger charge is -2.32. The normalized spacial score (nSPS) is 19.0. The number of nitrogens with zero attached hydrogens (tertiary/aromatic N) is 1. The number of methoxy groups -OCH3 is 1. The topological polar surface area (TPSA) is 41.6 Å². The van der Waals surface area contributed by atoms with Crippen LogP contribution in [-0.4, -0.2) is 43.8 Å². The summed E-state index contributed by atoms with van der Waals surface area (Å²) < 4.78 is 5.45. The second-order valence-corrected chi connectivity index (χ2v) is 6.51. The smallest absolute Gasteiger partial charge is 0.224 e. The van der Waals surface area contributed by atoms with E-state index in [4.69, 9.17) is 4.74 Å². The standard InChI is InChI=1S/C17H26N2O2S/c1-4-18-17(20)14-6-5-9-19(12-14)11-13-7-8-16(22-3)15(10-13)21-2/h7-8,10,14H,4-6,9,11-12H2,1-3H3,(H,18,20). The fourth-order valence-corrected chi connectivity index (χ4v) is 3.52. The van der Waals surface area contributed by atoms with Crippen molar-refractivity contribution in [2.45, 2.75) is 31.2 Å². The summed E-state index contributed by atoms with van der Waals surface area (Å²) in [7, 11) is 1.71. The predicted molar refractivity (Wildman–Crippen MR) is 91.5 cm³/mol. The minimum atomic E-state index is 0.126. The highest BCUT2D eigenvalue weighted by atomic mass is 32.2. The van der Waals surface area contributed by atoms with E-state index in [2.05, 4.69) is 34.7 Å². The molecule has 0 aliphatic carbocycles. The molecule has 0 radical (unpaired) electrons. The van der Waals surface area contributed by atoms with E-state index in [0.717, 1.165) is 43.1 Å². The number of amides is 1. The summed E-state index contributed by atoms with van der Waals surface area (Å²) in [6.07, 6.45) is 4.14. The van der Waals surface area contributed by atoms with Gasteiger partial charge in [-0.25, -0.2) is 0 Å². The molecule has 0 saturated carbocycles. The number of carbonyl (C=O) groups is 1. The van der Waals surface area contributed by atoms with E-state index >= 15 is 0 Å². The van der Waals surface area contributed by atoms with Crippen molar-refractivity contribution in [3.05, 3.63) is 23.8 Å². The van der Waals surface area contributed by atoms with Crippen LogP contribution in [0.3, 0.4) is 0 Å². The quantitative estimate of drug-likeness (QED) is 0.818. The molecule has 1 fully saturated rings. The minimum absolute atomic E-state index is 0.126. The van der Waals surface area contributed by atoms with Crippen LogP contribution >= 0.6 is 11.8 Å². The van der Waals surface area contributed by atoms with Gasteiger partial charge in [-0.05, 0) is 50.3 Å². The van der Waals surface area contributed by atoms with E-state index in [1.807, 2.05) is 6.92 Å². The average molecular weight is 322 g/mol. The molecule has 2 rings (SSSR count). The van der Waals surface area contributed by atoms with Crippen molar-refractivity contribution in [1.29, 1.82) is 0 Å². The fourth-order valence-electron chi connectivity index (χ4n) is 2.97. The Morgan fingerprint density at radius 1 is 1.50 bits per heavy atom. The van der Waals surface area contributed by atoms with Crippen molar-refractivity contribution >= 4 is 17.7 Å². The molecular formula is C17H26N2O2S. The van der Waals surface area contributed by atoms with Gasteiger partial charge < -0.3 is 10.1 Å². The zero-order valence-electron chi connectivity index (χ0n) is 13.7. The van der Waals surface area contributed by atoms with Gasteiger partial charge in [-0.2, -0.15) is 0 Å². The van der Waals surface area contributed by atoms with Crippen LogP contribution in [0, 0.1) is 5.92 Å². The molecule has 5 heteroatoms. The van der Waals surface area contributed by atoms with Gasteiger partial charge >= 0.3 is 0 Å². The van der Waals surface area contributed by atoms with Crippen LogP contribution in [0.5, 0.6) is 5.75 Å². The number of piperidine rings is 1. The van der Waals surface area contributed by atoms with E-state index in [1.165, 1.54) is 5.56 Å². The first-order chi connectivity index (χ1) is 10.7. The van der Waals surface area contributed by atoms with E-state index in [1.54, 1.807) is 18.9 Å². The molecule has 1 atom stereocenters. The molecule has 0 spiro atoms. The molecule has 1 N–H and O–H groups in total. The number of likely N-dealkylation sites (tertiary alicyclic amines) is 1. The Balaban J connectivity index is 1.99. The Morgan fingerprint density at radius 2 is 2.32 bits per heavy atom. The first-order valence-corrected chi connectivity index (χ1v) is 9.11. The van der Waals surface area contributed by atoms with Gasteiger partial charge in [0.15, 0.2) is 0 Å².